The Morgan fingerprint density at radius 2 is 1.90 bits per heavy atom. The van der Waals surface area contributed by atoms with Gasteiger partial charge in [0, 0.05) is 28.7 Å². The minimum atomic E-state index is -0.366. The van der Waals surface area contributed by atoms with Gasteiger partial charge in [-0.05, 0) is 42.5 Å². The number of benzene rings is 2. The van der Waals surface area contributed by atoms with Crippen LogP contribution in [0.5, 0.6) is 11.5 Å². The summed E-state index contributed by atoms with van der Waals surface area (Å²) in [5, 5.41) is 8.09. The lowest BCUT2D eigenvalue weighted by Crippen LogP contribution is -2.29. The second-order valence-electron chi connectivity index (χ2n) is 6.58. The Bertz CT molecular complexity index is 1280. The van der Waals surface area contributed by atoms with E-state index in [-0.39, 0.29) is 18.0 Å². The molecule has 0 atom stereocenters. The molecule has 0 aliphatic rings. The average Bonchev–Trinajstić information content (AvgIpc) is 3.25. The zero-order valence-electron chi connectivity index (χ0n) is 16.5. The number of nitrogens with one attached hydrogen (secondary N) is 2. The molecule has 4 aromatic rings. The second-order valence-corrected chi connectivity index (χ2v) is 6.58. The van der Waals surface area contributed by atoms with Crippen molar-refractivity contribution >= 4 is 22.5 Å². The quantitative estimate of drug-likeness (QED) is 0.515. The number of nitrogens with zero attached hydrogens (tertiary/aromatic N) is 2. The van der Waals surface area contributed by atoms with Crippen molar-refractivity contribution in [2.24, 2.45) is 0 Å². The van der Waals surface area contributed by atoms with Gasteiger partial charge in [-0.15, -0.1) is 0 Å². The monoisotopic (exact) mass is 404 g/mol. The maximum atomic E-state index is 12.6. The standard InChI is InChI=1S/C22H20N4O4/c1-29-19-8-6-14(12-20(19)30-2)16-7-9-22(28)26(25-16)13-21(27)24-18-5-3-4-17-15(18)10-11-23-17/h3-12,23H,13H2,1-2H3,(H,24,27). The van der Waals surface area contributed by atoms with Crippen molar-refractivity contribution in [3.8, 4) is 22.8 Å². The highest BCUT2D eigenvalue weighted by Gasteiger charge is 2.12. The largest absolute Gasteiger partial charge is 0.493 e. The molecule has 0 aliphatic heterocycles. The molecule has 8 heteroatoms. The van der Waals surface area contributed by atoms with Crippen LogP contribution in [-0.4, -0.2) is 34.9 Å². The zero-order valence-corrected chi connectivity index (χ0v) is 16.5. The van der Waals surface area contributed by atoms with Crippen molar-refractivity contribution in [3.05, 3.63) is 71.1 Å². The van der Waals surface area contributed by atoms with E-state index >= 15 is 0 Å². The van der Waals surface area contributed by atoms with Gasteiger partial charge in [0.15, 0.2) is 11.5 Å². The lowest BCUT2D eigenvalue weighted by Gasteiger charge is -2.11. The Kier molecular flexibility index (Phi) is 5.21. The van der Waals surface area contributed by atoms with E-state index in [9.17, 15) is 9.59 Å². The molecular formula is C22H20N4O4. The van der Waals surface area contributed by atoms with Gasteiger partial charge in [0.25, 0.3) is 5.56 Å². The van der Waals surface area contributed by atoms with Crippen LogP contribution in [0.2, 0.25) is 0 Å². The van der Waals surface area contributed by atoms with Gasteiger partial charge in [0.1, 0.15) is 6.54 Å². The molecule has 2 heterocycles. The van der Waals surface area contributed by atoms with Gasteiger partial charge < -0.3 is 19.8 Å². The van der Waals surface area contributed by atoms with Crippen molar-refractivity contribution in [1.29, 1.82) is 0 Å². The number of anilines is 1. The molecule has 0 aliphatic carbocycles. The van der Waals surface area contributed by atoms with E-state index < -0.39 is 0 Å². The molecule has 0 saturated carbocycles. The maximum Gasteiger partial charge on any atom is 0.267 e. The number of hydrogen-bond acceptors (Lipinski definition) is 5. The molecule has 0 unspecified atom stereocenters. The number of carbonyl (C=O) groups excluding carboxylic acids is 1. The molecule has 2 aromatic heterocycles. The number of fused-ring (bicyclic) bond motifs is 1. The molecule has 2 N–H and O–H groups in total. The first-order valence-electron chi connectivity index (χ1n) is 9.25. The molecule has 4 rings (SSSR count). The number of ether oxygens (including phenoxy) is 2. The lowest BCUT2D eigenvalue weighted by molar-refractivity contribution is -0.117. The van der Waals surface area contributed by atoms with Crippen LogP contribution < -0.4 is 20.3 Å². The summed E-state index contributed by atoms with van der Waals surface area (Å²) in [5.41, 5.74) is 2.49. The van der Waals surface area contributed by atoms with Crippen molar-refractivity contribution in [3.63, 3.8) is 0 Å². The van der Waals surface area contributed by atoms with Crippen molar-refractivity contribution in [2.45, 2.75) is 6.54 Å². The number of methoxy groups -OCH3 is 2. The first-order valence-corrected chi connectivity index (χ1v) is 9.25. The van der Waals surface area contributed by atoms with Gasteiger partial charge in [-0.25, -0.2) is 4.68 Å². The molecule has 8 nitrogen and oxygen atoms in total. The van der Waals surface area contributed by atoms with Gasteiger partial charge >= 0.3 is 0 Å². The van der Waals surface area contributed by atoms with E-state index in [1.165, 1.54) is 6.07 Å². The van der Waals surface area contributed by atoms with Crippen molar-refractivity contribution < 1.29 is 14.3 Å². The van der Waals surface area contributed by atoms with Crippen LogP contribution in [0.25, 0.3) is 22.2 Å². The lowest BCUT2D eigenvalue weighted by atomic mass is 10.1. The summed E-state index contributed by atoms with van der Waals surface area (Å²) < 4.78 is 11.7. The Morgan fingerprint density at radius 3 is 2.70 bits per heavy atom. The fourth-order valence-electron chi connectivity index (χ4n) is 3.23. The van der Waals surface area contributed by atoms with Crippen LogP contribution in [0.4, 0.5) is 5.69 Å². The summed E-state index contributed by atoms with van der Waals surface area (Å²) in [6, 6.07) is 15.8. The molecule has 0 radical (unpaired) electrons. The van der Waals surface area contributed by atoms with E-state index in [1.807, 2.05) is 30.3 Å². The number of amides is 1. The van der Waals surface area contributed by atoms with E-state index in [1.54, 1.807) is 38.6 Å². The third-order valence-electron chi connectivity index (χ3n) is 4.71. The number of hydrogen-bond donors (Lipinski definition) is 2. The smallest absolute Gasteiger partial charge is 0.267 e. The predicted octanol–water partition coefficient (Wildman–Crippen LogP) is 3.05. The van der Waals surface area contributed by atoms with E-state index in [4.69, 9.17) is 9.47 Å². The minimum absolute atomic E-state index is 0.208. The van der Waals surface area contributed by atoms with E-state index in [2.05, 4.69) is 15.4 Å². The fraction of sp³-hybridized carbons (Fsp3) is 0.136. The summed E-state index contributed by atoms with van der Waals surface area (Å²) in [7, 11) is 3.11. The van der Waals surface area contributed by atoms with Gasteiger partial charge in [-0.2, -0.15) is 5.10 Å². The summed E-state index contributed by atoms with van der Waals surface area (Å²) >= 11 is 0. The van der Waals surface area contributed by atoms with Gasteiger partial charge in [0.05, 0.1) is 25.6 Å². The van der Waals surface area contributed by atoms with Crippen LogP contribution in [0.3, 0.4) is 0 Å². The second kappa shape index (κ2) is 8.12. The SMILES string of the molecule is COc1ccc(-c2ccc(=O)n(CC(=O)Nc3cccc4[nH]ccc34)n2)cc1OC. The average molecular weight is 404 g/mol. The highest BCUT2D eigenvalue weighted by Crippen LogP contribution is 2.31. The molecule has 2 aromatic carbocycles. The summed E-state index contributed by atoms with van der Waals surface area (Å²) in [6.07, 6.45) is 1.80. The zero-order chi connectivity index (χ0) is 21.1. The van der Waals surface area contributed by atoms with Crippen molar-refractivity contribution in [1.82, 2.24) is 14.8 Å². The van der Waals surface area contributed by atoms with Crippen LogP contribution in [0, 0.1) is 0 Å². The van der Waals surface area contributed by atoms with Gasteiger partial charge in [0.2, 0.25) is 5.91 Å². The minimum Gasteiger partial charge on any atom is -0.493 e. The topological polar surface area (TPSA) is 98.2 Å². The van der Waals surface area contributed by atoms with Crippen LogP contribution in [-0.2, 0) is 11.3 Å². The van der Waals surface area contributed by atoms with Crippen LogP contribution in [0.15, 0.2) is 65.6 Å². The third kappa shape index (κ3) is 3.75. The molecular weight excluding hydrogens is 384 g/mol. The fourth-order valence-corrected chi connectivity index (χ4v) is 3.23. The molecule has 1 amide bonds. The molecule has 152 valence electrons. The summed E-state index contributed by atoms with van der Waals surface area (Å²) in [6.45, 7) is -0.208. The Hall–Kier alpha value is -4.07. The van der Waals surface area contributed by atoms with E-state index in [0.29, 0.717) is 22.9 Å². The maximum absolute atomic E-state index is 12.6. The highest BCUT2D eigenvalue weighted by molar-refractivity contribution is 6.01. The Morgan fingerprint density at radius 1 is 1.07 bits per heavy atom. The van der Waals surface area contributed by atoms with Crippen LogP contribution in [0.1, 0.15) is 0 Å². The molecule has 0 spiro atoms. The van der Waals surface area contributed by atoms with E-state index in [0.717, 1.165) is 21.1 Å². The summed E-state index contributed by atoms with van der Waals surface area (Å²) in [5.74, 6) is 0.794. The number of aromatic nitrogens is 3. The normalized spacial score (nSPS) is 10.7. The summed E-state index contributed by atoms with van der Waals surface area (Å²) in [4.78, 5) is 27.9. The van der Waals surface area contributed by atoms with Gasteiger partial charge in [-0.3, -0.25) is 9.59 Å². The Labute approximate surface area is 172 Å². The Balaban J connectivity index is 1.58. The third-order valence-corrected chi connectivity index (χ3v) is 4.71. The molecule has 0 fully saturated rings. The molecule has 0 saturated heterocycles. The van der Waals surface area contributed by atoms with Gasteiger partial charge in [-0.1, -0.05) is 6.07 Å². The molecule has 0 bridgehead atoms. The van der Waals surface area contributed by atoms with Crippen molar-refractivity contribution in [2.75, 3.05) is 19.5 Å². The first-order chi connectivity index (χ1) is 14.6. The predicted molar refractivity (Wildman–Crippen MR) is 114 cm³/mol. The highest BCUT2D eigenvalue weighted by atomic mass is 16.5. The number of H-pyrrole nitrogens is 1. The number of aromatic amines is 1. The number of carbonyl (C=O) groups is 1. The van der Waals surface area contributed by atoms with Crippen LogP contribution >= 0.6 is 0 Å². The molecule has 30 heavy (non-hydrogen) atoms. The number of rotatable bonds is 6. The first kappa shape index (κ1) is 19.3.